The smallest absolute Gasteiger partial charge is 0.187 e. The summed E-state index contributed by atoms with van der Waals surface area (Å²) in [5.41, 5.74) is 8.69. The molecule has 3 aromatic rings. The zero-order chi connectivity index (χ0) is 15.0. The fourth-order valence-corrected chi connectivity index (χ4v) is 3.21. The summed E-state index contributed by atoms with van der Waals surface area (Å²) in [6.07, 6.45) is 0. The van der Waals surface area contributed by atoms with Crippen LogP contribution in [0.25, 0.3) is 21.8 Å². The topological polar surface area (TPSA) is 61.3 Å². The fourth-order valence-electron chi connectivity index (χ4n) is 2.18. The minimum absolute atomic E-state index is 0.332. The van der Waals surface area contributed by atoms with Crippen LogP contribution in [0.4, 0.5) is 5.82 Å². The number of aromatic nitrogens is 1. The number of ether oxygens (including phenoxy) is 1. The number of benzene rings is 1. The molecule has 2 aromatic heterocycles. The van der Waals surface area contributed by atoms with Crippen LogP contribution in [0.5, 0.6) is 5.75 Å². The number of hydrogen-bond acceptors (Lipinski definition) is 5. The minimum atomic E-state index is 0.332. The van der Waals surface area contributed by atoms with Gasteiger partial charge in [-0.2, -0.15) is 0 Å². The first-order chi connectivity index (χ1) is 10.1. The number of nitrogens with two attached hydrogens (primary N) is 1. The Morgan fingerprint density at radius 3 is 2.76 bits per heavy atom. The first-order valence-electron chi connectivity index (χ1n) is 6.26. The highest BCUT2D eigenvalue weighted by Crippen LogP contribution is 2.43. The van der Waals surface area contributed by atoms with Crippen LogP contribution in [0.3, 0.4) is 0 Å². The molecule has 0 spiro atoms. The lowest BCUT2D eigenvalue weighted by Gasteiger charge is -2.09. The molecule has 0 fully saturated rings. The summed E-state index contributed by atoms with van der Waals surface area (Å²) in [6.45, 7) is 2.01. The van der Waals surface area contributed by atoms with E-state index in [0.29, 0.717) is 15.9 Å². The first-order valence-corrected chi connectivity index (χ1v) is 7.45. The second kappa shape index (κ2) is 5.42. The maximum atomic E-state index is 6.00. The molecular weight excluding hydrogens is 308 g/mol. The molecule has 0 saturated carbocycles. The number of rotatable bonds is 3. The second-order valence-corrected chi connectivity index (χ2v) is 6.29. The maximum absolute atomic E-state index is 6.00. The van der Waals surface area contributed by atoms with Crippen molar-refractivity contribution in [2.75, 3.05) is 12.8 Å². The maximum Gasteiger partial charge on any atom is 0.187 e. The Balaban J connectivity index is 2.24. The van der Waals surface area contributed by atoms with Gasteiger partial charge in [0, 0.05) is 5.56 Å². The molecule has 0 aliphatic carbocycles. The normalized spacial score (nSPS) is 10.8. The van der Waals surface area contributed by atoms with Gasteiger partial charge < -0.3 is 15.0 Å². The molecule has 0 aliphatic heterocycles. The number of anilines is 1. The third-order valence-electron chi connectivity index (χ3n) is 3.14. The van der Waals surface area contributed by atoms with Gasteiger partial charge in [0.15, 0.2) is 11.6 Å². The number of methoxy groups -OCH3 is 1. The molecule has 108 valence electrons. The predicted molar refractivity (Wildman–Crippen MR) is 86.0 cm³/mol. The number of nitrogen functional groups attached to an aromatic ring is 1. The van der Waals surface area contributed by atoms with E-state index < -0.39 is 0 Å². The van der Waals surface area contributed by atoms with Crippen LogP contribution in [-0.2, 0) is 0 Å². The van der Waals surface area contributed by atoms with Crippen molar-refractivity contribution in [2.24, 2.45) is 0 Å². The summed E-state index contributed by atoms with van der Waals surface area (Å²) in [7, 11) is 1.62. The molecule has 2 N–H and O–H groups in total. The Morgan fingerprint density at radius 2 is 2.10 bits per heavy atom. The SMILES string of the molecule is COc1ccc(C)cc1-c1c(N)noc1-c1ccc(Cl)s1. The largest absolute Gasteiger partial charge is 0.496 e. The standard InChI is InChI=1S/C15H13ClN2O2S/c1-8-3-4-10(19-2)9(7-8)13-14(20-18-15(13)17)11-5-6-12(16)21-11/h3-7H,1-2H3,(H2,17,18). The van der Waals surface area contributed by atoms with E-state index in [4.69, 9.17) is 26.6 Å². The van der Waals surface area contributed by atoms with E-state index in [2.05, 4.69) is 5.16 Å². The van der Waals surface area contributed by atoms with Gasteiger partial charge in [0.2, 0.25) is 0 Å². The summed E-state index contributed by atoms with van der Waals surface area (Å²) < 4.78 is 11.5. The molecule has 0 atom stereocenters. The average molecular weight is 321 g/mol. The Hall–Kier alpha value is -1.98. The summed E-state index contributed by atoms with van der Waals surface area (Å²) >= 11 is 7.42. The van der Waals surface area contributed by atoms with Crippen LogP contribution in [-0.4, -0.2) is 12.3 Å². The van der Waals surface area contributed by atoms with E-state index >= 15 is 0 Å². The fraction of sp³-hybridized carbons (Fsp3) is 0.133. The lowest BCUT2D eigenvalue weighted by Crippen LogP contribution is -1.93. The highest BCUT2D eigenvalue weighted by molar-refractivity contribution is 7.19. The number of thiophene rings is 1. The van der Waals surface area contributed by atoms with Crippen molar-refractivity contribution in [3.63, 3.8) is 0 Å². The molecule has 0 saturated heterocycles. The summed E-state index contributed by atoms with van der Waals surface area (Å²) in [5, 5.41) is 3.89. The Kier molecular flexibility index (Phi) is 3.61. The summed E-state index contributed by atoms with van der Waals surface area (Å²) in [4.78, 5) is 0.878. The summed E-state index contributed by atoms with van der Waals surface area (Å²) in [5.74, 6) is 1.66. The number of hydrogen-bond donors (Lipinski definition) is 1. The van der Waals surface area contributed by atoms with E-state index in [1.807, 2.05) is 37.3 Å². The first kappa shape index (κ1) is 14.0. The van der Waals surface area contributed by atoms with Gasteiger partial charge in [-0.3, -0.25) is 0 Å². The van der Waals surface area contributed by atoms with E-state index in [1.165, 1.54) is 11.3 Å². The second-order valence-electron chi connectivity index (χ2n) is 4.58. The van der Waals surface area contributed by atoms with Gasteiger partial charge in [0.05, 0.1) is 21.9 Å². The zero-order valence-corrected chi connectivity index (χ0v) is 13.1. The van der Waals surface area contributed by atoms with Gasteiger partial charge in [-0.05, 0) is 31.2 Å². The van der Waals surface area contributed by atoms with E-state index in [-0.39, 0.29) is 0 Å². The van der Waals surface area contributed by atoms with Gasteiger partial charge in [-0.1, -0.05) is 28.4 Å². The molecule has 0 radical (unpaired) electrons. The molecule has 4 nitrogen and oxygen atoms in total. The van der Waals surface area contributed by atoms with Crippen molar-refractivity contribution in [3.8, 4) is 27.5 Å². The van der Waals surface area contributed by atoms with Crippen molar-refractivity contribution in [3.05, 3.63) is 40.2 Å². The lowest BCUT2D eigenvalue weighted by molar-refractivity contribution is 0.416. The monoisotopic (exact) mass is 320 g/mol. The zero-order valence-electron chi connectivity index (χ0n) is 11.5. The summed E-state index contributed by atoms with van der Waals surface area (Å²) in [6, 6.07) is 9.59. The van der Waals surface area contributed by atoms with Crippen LogP contribution >= 0.6 is 22.9 Å². The van der Waals surface area contributed by atoms with E-state index in [0.717, 1.165) is 27.3 Å². The van der Waals surface area contributed by atoms with Gasteiger partial charge in [-0.15, -0.1) is 11.3 Å². The molecule has 0 amide bonds. The van der Waals surface area contributed by atoms with Crippen molar-refractivity contribution in [1.82, 2.24) is 5.16 Å². The molecule has 0 aliphatic rings. The van der Waals surface area contributed by atoms with Crippen molar-refractivity contribution >= 4 is 28.8 Å². The highest BCUT2D eigenvalue weighted by Gasteiger charge is 2.22. The van der Waals surface area contributed by atoms with Gasteiger partial charge >= 0.3 is 0 Å². The van der Waals surface area contributed by atoms with Gasteiger partial charge in [0.25, 0.3) is 0 Å². The number of halogens is 1. The van der Waals surface area contributed by atoms with E-state index in [1.54, 1.807) is 7.11 Å². The molecule has 0 unspecified atom stereocenters. The third kappa shape index (κ3) is 2.50. The highest BCUT2D eigenvalue weighted by atomic mass is 35.5. The van der Waals surface area contributed by atoms with Crippen LogP contribution in [0.15, 0.2) is 34.9 Å². The Bertz CT molecular complexity index is 795. The third-order valence-corrected chi connectivity index (χ3v) is 4.37. The van der Waals surface area contributed by atoms with Crippen LogP contribution in [0.2, 0.25) is 4.34 Å². The van der Waals surface area contributed by atoms with Crippen molar-refractivity contribution in [1.29, 1.82) is 0 Å². The average Bonchev–Trinajstić information content (AvgIpc) is 3.04. The molecule has 0 bridgehead atoms. The Labute approximate surface area is 131 Å². The Morgan fingerprint density at radius 1 is 1.29 bits per heavy atom. The van der Waals surface area contributed by atoms with Crippen LogP contribution in [0, 0.1) is 6.92 Å². The number of nitrogens with zero attached hydrogens (tertiary/aromatic N) is 1. The quantitative estimate of drug-likeness (QED) is 0.764. The molecule has 3 rings (SSSR count). The molecule has 1 aromatic carbocycles. The van der Waals surface area contributed by atoms with Crippen molar-refractivity contribution < 1.29 is 9.26 Å². The molecular formula is C15H13ClN2O2S. The van der Waals surface area contributed by atoms with E-state index in [9.17, 15) is 0 Å². The molecule has 6 heteroatoms. The molecule has 21 heavy (non-hydrogen) atoms. The predicted octanol–water partition coefficient (Wildman–Crippen LogP) is 4.62. The van der Waals surface area contributed by atoms with Crippen LogP contribution in [0.1, 0.15) is 5.56 Å². The van der Waals surface area contributed by atoms with Crippen LogP contribution < -0.4 is 10.5 Å². The minimum Gasteiger partial charge on any atom is -0.496 e. The molecule has 2 heterocycles. The van der Waals surface area contributed by atoms with Gasteiger partial charge in [0.1, 0.15) is 5.75 Å². The number of aryl methyl sites for hydroxylation is 1. The lowest BCUT2D eigenvalue weighted by atomic mass is 10.0. The van der Waals surface area contributed by atoms with Gasteiger partial charge in [-0.25, -0.2) is 0 Å². The van der Waals surface area contributed by atoms with Crippen molar-refractivity contribution in [2.45, 2.75) is 6.92 Å².